The predicted molar refractivity (Wildman–Crippen MR) is 77.3 cm³/mol. The highest BCUT2D eigenvalue weighted by Crippen LogP contribution is 2.15. The Labute approximate surface area is 116 Å². The van der Waals surface area contributed by atoms with Crippen LogP contribution in [0.1, 0.15) is 25.3 Å². The Kier molecular flexibility index (Phi) is 5.61. The third-order valence-electron chi connectivity index (χ3n) is 3.84. The standard InChI is InChI=1S/C15H25N3O/c1-3-18(11-13-6-8-16-9-7-13)12-14-4-5-15(19-2)17-10-14/h4-5,10,13,16H,3,6-9,11-12H2,1-2H3. The minimum Gasteiger partial charge on any atom is -0.481 e. The van der Waals surface area contributed by atoms with Gasteiger partial charge in [0.05, 0.1) is 7.11 Å². The van der Waals surface area contributed by atoms with Crippen LogP contribution in [-0.4, -0.2) is 43.2 Å². The highest BCUT2D eigenvalue weighted by Gasteiger charge is 2.16. The summed E-state index contributed by atoms with van der Waals surface area (Å²) in [5.74, 6) is 1.53. The van der Waals surface area contributed by atoms with E-state index in [-0.39, 0.29) is 0 Å². The molecule has 106 valence electrons. The molecule has 2 rings (SSSR count). The van der Waals surface area contributed by atoms with E-state index in [0.29, 0.717) is 5.88 Å². The molecule has 19 heavy (non-hydrogen) atoms. The summed E-state index contributed by atoms with van der Waals surface area (Å²) in [6.07, 6.45) is 4.53. The van der Waals surface area contributed by atoms with Gasteiger partial charge in [-0.1, -0.05) is 13.0 Å². The van der Waals surface area contributed by atoms with E-state index >= 15 is 0 Å². The molecule has 1 N–H and O–H groups in total. The third kappa shape index (κ3) is 4.48. The normalized spacial score (nSPS) is 16.8. The van der Waals surface area contributed by atoms with Gasteiger partial charge in [-0.3, -0.25) is 4.90 Å². The summed E-state index contributed by atoms with van der Waals surface area (Å²) >= 11 is 0. The molecule has 0 unspecified atom stereocenters. The van der Waals surface area contributed by atoms with Gasteiger partial charge in [-0.05, 0) is 44.0 Å². The highest BCUT2D eigenvalue weighted by molar-refractivity contribution is 5.17. The number of nitrogens with one attached hydrogen (secondary N) is 1. The average molecular weight is 263 g/mol. The molecule has 1 saturated heterocycles. The van der Waals surface area contributed by atoms with Crippen molar-refractivity contribution in [2.45, 2.75) is 26.3 Å². The van der Waals surface area contributed by atoms with Crippen molar-refractivity contribution in [3.8, 4) is 5.88 Å². The van der Waals surface area contributed by atoms with E-state index in [2.05, 4.69) is 28.2 Å². The topological polar surface area (TPSA) is 37.4 Å². The van der Waals surface area contributed by atoms with Gasteiger partial charge in [-0.15, -0.1) is 0 Å². The summed E-state index contributed by atoms with van der Waals surface area (Å²) in [5.41, 5.74) is 1.26. The number of rotatable bonds is 6. The van der Waals surface area contributed by atoms with Crippen molar-refractivity contribution < 1.29 is 4.74 Å². The summed E-state index contributed by atoms with van der Waals surface area (Å²) in [6.45, 7) is 7.86. The second-order valence-corrected chi connectivity index (χ2v) is 5.23. The number of hydrogen-bond donors (Lipinski definition) is 1. The number of nitrogens with zero attached hydrogens (tertiary/aromatic N) is 2. The number of aromatic nitrogens is 1. The van der Waals surface area contributed by atoms with Gasteiger partial charge >= 0.3 is 0 Å². The Bertz CT molecular complexity index is 360. The molecule has 0 radical (unpaired) electrons. The van der Waals surface area contributed by atoms with E-state index in [4.69, 9.17) is 4.74 Å². The lowest BCUT2D eigenvalue weighted by Gasteiger charge is -2.29. The fourth-order valence-electron chi connectivity index (χ4n) is 2.62. The minimum atomic E-state index is 0.685. The average Bonchev–Trinajstić information content (AvgIpc) is 2.48. The summed E-state index contributed by atoms with van der Waals surface area (Å²) in [5, 5.41) is 3.43. The van der Waals surface area contributed by atoms with Crippen molar-refractivity contribution in [2.24, 2.45) is 5.92 Å². The van der Waals surface area contributed by atoms with Crippen LogP contribution in [0.2, 0.25) is 0 Å². The molecule has 4 nitrogen and oxygen atoms in total. The molecule has 1 aromatic heterocycles. The maximum atomic E-state index is 5.09. The number of piperidine rings is 1. The minimum absolute atomic E-state index is 0.685. The molecule has 0 bridgehead atoms. The third-order valence-corrected chi connectivity index (χ3v) is 3.84. The van der Waals surface area contributed by atoms with E-state index in [9.17, 15) is 0 Å². The number of ether oxygens (including phenoxy) is 1. The van der Waals surface area contributed by atoms with Crippen LogP contribution in [-0.2, 0) is 6.54 Å². The van der Waals surface area contributed by atoms with Gasteiger partial charge in [-0.25, -0.2) is 4.98 Å². The summed E-state index contributed by atoms with van der Waals surface area (Å²) in [4.78, 5) is 6.79. The number of methoxy groups -OCH3 is 1. The van der Waals surface area contributed by atoms with E-state index < -0.39 is 0 Å². The van der Waals surface area contributed by atoms with Crippen LogP contribution in [0.25, 0.3) is 0 Å². The van der Waals surface area contributed by atoms with Gasteiger partial charge in [0.1, 0.15) is 0 Å². The fourth-order valence-corrected chi connectivity index (χ4v) is 2.62. The summed E-state index contributed by atoms with van der Waals surface area (Å²) < 4.78 is 5.09. The second-order valence-electron chi connectivity index (χ2n) is 5.23. The lowest BCUT2D eigenvalue weighted by Crippen LogP contribution is -2.35. The van der Waals surface area contributed by atoms with Gasteiger partial charge in [0, 0.05) is 25.4 Å². The lowest BCUT2D eigenvalue weighted by atomic mass is 9.97. The van der Waals surface area contributed by atoms with Crippen molar-refractivity contribution in [1.29, 1.82) is 0 Å². The van der Waals surface area contributed by atoms with E-state index in [1.54, 1.807) is 7.11 Å². The largest absolute Gasteiger partial charge is 0.481 e. The van der Waals surface area contributed by atoms with Crippen molar-refractivity contribution in [2.75, 3.05) is 33.3 Å². The molecule has 0 atom stereocenters. The quantitative estimate of drug-likeness (QED) is 0.851. The zero-order valence-corrected chi connectivity index (χ0v) is 12.1. The smallest absolute Gasteiger partial charge is 0.212 e. The molecular weight excluding hydrogens is 238 g/mol. The molecule has 1 fully saturated rings. The molecule has 0 amide bonds. The predicted octanol–water partition coefficient (Wildman–Crippen LogP) is 1.91. The Hall–Kier alpha value is -1.13. The van der Waals surface area contributed by atoms with Crippen LogP contribution in [0.15, 0.2) is 18.3 Å². The first-order chi connectivity index (χ1) is 9.31. The molecule has 0 spiro atoms. The van der Waals surface area contributed by atoms with Crippen LogP contribution in [0.5, 0.6) is 5.88 Å². The maximum Gasteiger partial charge on any atom is 0.212 e. The maximum absolute atomic E-state index is 5.09. The van der Waals surface area contributed by atoms with Crippen molar-refractivity contribution in [1.82, 2.24) is 15.2 Å². The van der Waals surface area contributed by atoms with E-state index in [0.717, 1.165) is 19.0 Å². The van der Waals surface area contributed by atoms with Crippen LogP contribution >= 0.6 is 0 Å². The molecule has 0 aliphatic carbocycles. The first-order valence-electron chi connectivity index (χ1n) is 7.23. The van der Waals surface area contributed by atoms with Crippen molar-refractivity contribution in [3.05, 3.63) is 23.9 Å². The van der Waals surface area contributed by atoms with Gasteiger partial charge in [0.15, 0.2) is 0 Å². The Balaban J connectivity index is 1.86. The van der Waals surface area contributed by atoms with Gasteiger partial charge in [0.2, 0.25) is 5.88 Å². The monoisotopic (exact) mass is 263 g/mol. The Morgan fingerprint density at radius 2 is 2.16 bits per heavy atom. The van der Waals surface area contributed by atoms with Crippen LogP contribution in [0.4, 0.5) is 0 Å². The fraction of sp³-hybridized carbons (Fsp3) is 0.667. The first kappa shape index (κ1) is 14.3. The molecule has 0 aromatic carbocycles. The second kappa shape index (κ2) is 7.46. The molecule has 2 heterocycles. The molecule has 1 aromatic rings. The van der Waals surface area contributed by atoms with Crippen molar-refractivity contribution >= 4 is 0 Å². The Morgan fingerprint density at radius 1 is 1.37 bits per heavy atom. The Morgan fingerprint density at radius 3 is 2.74 bits per heavy atom. The van der Waals surface area contributed by atoms with Gasteiger partial charge in [0.25, 0.3) is 0 Å². The van der Waals surface area contributed by atoms with Crippen molar-refractivity contribution in [3.63, 3.8) is 0 Å². The molecule has 0 saturated carbocycles. The SMILES string of the molecule is CCN(Cc1ccc(OC)nc1)CC1CCNCC1. The summed E-state index contributed by atoms with van der Waals surface area (Å²) in [7, 11) is 1.65. The number of hydrogen-bond acceptors (Lipinski definition) is 4. The zero-order chi connectivity index (χ0) is 13.5. The van der Waals surface area contributed by atoms with Gasteiger partial charge < -0.3 is 10.1 Å². The molecular formula is C15H25N3O. The molecule has 1 aliphatic heterocycles. The van der Waals surface area contributed by atoms with Crippen LogP contribution in [0.3, 0.4) is 0 Å². The van der Waals surface area contributed by atoms with Crippen LogP contribution in [0, 0.1) is 5.92 Å². The lowest BCUT2D eigenvalue weighted by molar-refractivity contribution is 0.207. The van der Waals surface area contributed by atoms with E-state index in [1.807, 2.05) is 12.3 Å². The van der Waals surface area contributed by atoms with Crippen LogP contribution < -0.4 is 10.1 Å². The van der Waals surface area contributed by atoms with E-state index in [1.165, 1.54) is 38.0 Å². The highest BCUT2D eigenvalue weighted by atomic mass is 16.5. The molecule has 1 aliphatic rings. The first-order valence-corrected chi connectivity index (χ1v) is 7.23. The molecule has 4 heteroatoms. The van der Waals surface area contributed by atoms with Gasteiger partial charge in [-0.2, -0.15) is 0 Å². The number of pyridine rings is 1. The summed E-state index contributed by atoms with van der Waals surface area (Å²) in [6, 6.07) is 4.05. The zero-order valence-electron chi connectivity index (χ0n) is 12.1.